The number of carbonyl (C=O) groups excluding carboxylic acids is 1. The van der Waals surface area contributed by atoms with Crippen LogP contribution in [0.15, 0.2) is 0 Å². The van der Waals surface area contributed by atoms with Crippen LogP contribution < -0.4 is 5.73 Å². The van der Waals surface area contributed by atoms with E-state index < -0.39 is 20.1 Å². The van der Waals surface area contributed by atoms with Crippen molar-refractivity contribution in [2.45, 2.75) is 38.0 Å². The van der Waals surface area contributed by atoms with Crippen molar-refractivity contribution < 1.29 is 13.2 Å². The van der Waals surface area contributed by atoms with Gasteiger partial charge in [-0.15, -0.1) is 12.4 Å². The van der Waals surface area contributed by atoms with E-state index in [2.05, 4.69) is 0 Å². The molecule has 1 fully saturated rings. The van der Waals surface area contributed by atoms with Crippen LogP contribution in [0.4, 0.5) is 0 Å². The van der Waals surface area contributed by atoms with Gasteiger partial charge in [-0.2, -0.15) is 0 Å². The second kappa shape index (κ2) is 4.74. The molecule has 1 aliphatic heterocycles. The summed E-state index contributed by atoms with van der Waals surface area (Å²) in [4.78, 5) is 13.5. The van der Waals surface area contributed by atoms with E-state index in [0.29, 0.717) is 0 Å². The minimum Gasteiger partial charge on any atom is -0.339 e. The lowest BCUT2D eigenvalue weighted by Crippen LogP contribution is -2.60. The Labute approximate surface area is 109 Å². The maximum Gasteiger partial charge on any atom is 0.242 e. The first-order valence-corrected chi connectivity index (χ1v) is 6.93. The Morgan fingerprint density at radius 2 is 1.82 bits per heavy atom. The van der Waals surface area contributed by atoms with Gasteiger partial charge in [-0.1, -0.05) is 0 Å². The number of nitrogens with two attached hydrogens (primary N) is 1. The number of amides is 1. The minimum atomic E-state index is -3.11. The van der Waals surface area contributed by atoms with E-state index in [1.807, 2.05) is 0 Å². The third kappa shape index (κ3) is 3.33. The van der Waals surface area contributed by atoms with E-state index in [-0.39, 0.29) is 37.2 Å². The summed E-state index contributed by atoms with van der Waals surface area (Å²) in [5.74, 6) is -0.183. The smallest absolute Gasteiger partial charge is 0.242 e. The molecule has 0 saturated carbocycles. The average molecular weight is 285 g/mol. The van der Waals surface area contributed by atoms with Crippen LogP contribution in [-0.2, 0) is 14.6 Å². The summed E-state index contributed by atoms with van der Waals surface area (Å²) in [6.07, 6.45) is 0. The molecule has 0 aromatic rings. The second-order valence-corrected chi connectivity index (χ2v) is 8.27. The van der Waals surface area contributed by atoms with Gasteiger partial charge in [-0.05, 0) is 27.7 Å². The highest BCUT2D eigenvalue weighted by Crippen LogP contribution is 2.24. The van der Waals surface area contributed by atoms with Crippen LogP contribution in [-0.4, -0.2) is 48.4 Å². The zero-order chi connectivity index (χ0) is 12.8. The maximum absolute atomic E-state index is 11.9. The van der Waals surface area contributed by atoms with Gasteiger partial charge in [0.25, 0.3) is 0 Å². The fraction of sp³-hybridized carbons (Fsp3) is 0.900. The van der Waals surface area contributed by atoms with Crippen molar-refractivity contribution in [1.29, 1.82) is 0 Å². The Kier molecular flexibility index (Phi) is 4.65. The summed E-state index contributed by atoms with van der Waals surface area (Å²) in [5, 5.41) is 0. The van der Waals surface area contributed by atoms with Crippen LogP contribution in [0.2, 0.25) is 0 Å². The summed E-state index contributed by atoms with van der Waals surface area (Å²) >= 11 is 0. The van der Waals surface area contributed by atoms with Crippen molar-refractivity contribution >= 4 is 28.2 Å². The number of sulfone groups is 1. The molecule has 0 bridgehead atoms. The first-order valence-electron chi connectivity index (χ1n) is 5.28. The number of hydrogen-bond donors (Lipinski definition) is 1. The predicted molar refractivity (Wildman–Crippen MR) is 70.0 cm³/mol. The minimum absolute atomic E-state index is 0. The molecule has 2 N–H and O–H groups in total. The summed E-state index contributed by atoms with van der Waals surface area (Å²) in [5.41, 5.74) is 4.78. The summed E-state index contributed by atoms with van der Waals surface area (Å²) in [6, 6.07) is 0. The molecule has 5 nitrogen and oxygen atoms in total. The maximum atomic E-state index is 11.9. The zero-order valence-electron chi connectivity index (χ0n) is 10.7. The molecule has 1 aliphatic rings. The molecule has 0 aromatic carbocycles. The van der Waals surface area contributed by atoms with Gasteiger partial charge in [0.1, 0.15) is 0 Å². The Morgan fingerprint density at radius 1 is 1.35 bits per heavy atom. The van der Waals surface area contributed by atoms with Gasteiger partial charge in [0.2, 0.25) is 5.91 Å². The quantitative estimate of drug-likeness (QED) is 0.745. The van der Waals surface area contributed by atoms with Gasteiger partial charge in [0, 0.05) is 13.1 Å². The van der Waals surface area contributed by atoms with Gasteiger partial charge >= 0.3 is 0 Å². The zero-order valence-corrected chi connectivity index (χ0v) is 12.3. The molecular formula is C10H21ClN2O3S. The summed E-state index contributed by atoms with van der Waals surface area (Å²) in [6.45, 7) is 7.01. The van der Waals surface area contributed by atoms with Gasteiger partial charge < -0.3 is 10.6 Å². The van der Waals surface area contributed by atoms with Gasteiger partial charge in [0.15, 0.2) is 9.84 Å². The molecule has 1 heterocycles. The number of hydrogen-bond acceptors (Lipinski definition) is 4. The fourth-order valence-electron chi connectivity index (χ4n) is 1.72. The van der Waals surface area contributed by atoms with Crippen LogP contribution in [0.5, 0.6) is 0 Å². The van der Waals surface area contributed by atoms with E-state index in [1.54, 1.807) is 32.6 Å². The molecule has 0 spiro atoms. The van der Waals surface area contributed by atoms with Crippen LogP contribution in [0.25, 0.3) is 0 Å². The van der Waals surface area contributed by atoms with E-state index in [0.717, 1.165) is 0 Å². The van der Waals surface area contributed by atoms with Crippen LogP contribution in [0.3, 0.4) is 0 Å². The Hall–Kier alpha value is -0.330. The largest absolute Gasteiger partial charge is 0.339 e. The van der Waals surface area contributed by atoms with Gasteiger partial charge in [-0.25, -0.2) is 8.42 Å². The Bertz CT molecular complexity index is 398. The van der Waals surface area contributed by atoms with Gasteiger partial charge in [0.05, 0.1) is 16.0 Å². The van der Waals surface area contributed by atoms with E-state index in [1.165, 1.54) is 0 Å². The summed E-state index contributed by atoms with van der Waals surface area (Å²) in [7, 11) is -3.11. The molecule has 0 unspecified atom stereocenters. The second-order valence-electron chi connectivity index (χ2n) is 5.53. The van der Waals surface area contributed by atoms with E-state index in [9.17, 15) is 13.2 Å². The number of rotatable bonds is 1. The van der Waals surface area contributed by atoms with E-state index in [4.69, 9.17) is 5.73 Å². The van der Waals surface area contributed by atoms with Gasteiger partial charge in [-0.3, -0.25) is 4.79 Å². The van der Waals surface area contributed by atoms with Crippen LogP contribution in [0.1, 0.15) is 27.7 Å². The monoisotopic (exact) mass is 284 g/mol. The molecule has 1 saturated heterocycles. The number of nitrogens with zero attached hydrogens (tertiary/aromatic N) is 1. The molecule has 102 valence electrons. The van der Waals surface area contributed by atoms with Crippen molar-refractivity contribution in [2.75, 3.05) is 18.8 Å². The van der Waals surface area contributed by atoms with Crippen LogP contribution >= 0.6 is 12.4 Å². The highest BCUT2D eigenvalue weighted by atomic mass is 35.5. The number of carbonyl (C=O) groups is 1. The molecule has 0 aromatic heterocycles. The normalized spacial score (nSPS) is 22.8. The molecule has 1 rings (SSSR count). The molecule has 0 aliphatic carbocycles. The van der Waals surface area contributed by atoms with Crippen molar-refractivity contribution in [1.82, 2.24) is 4.90 Å². The first kappa shape index (κ1) is 16.7. The lowest BCUT2D eigenvalue weighted by atomic mass is 10.0. The molecular weight excluding hydrogens is 264 g/mol. The summed E-state index contributed by atoms with van der Waals surface area (Å²) < 4.78 is 22.6. The predicted octanol–water partition coefficient (Wildman–Crippen LogP) is 0.181. The van der Waals surface area contributed by atoms with Crippen molar-refractivity contribution in [2.24, 2.45) is 5.73 Å². The Balaban J connectivity index is 0.00000256. The Morgan fingerprint density at radius 3 is 2.18 bits per heavy atom. The lowest BCUT2D eigenvalue weighted by Gasteiger charge is -2.40. The SMILES string of the molecule is CC(C)(N)C(=O)N1CCS(=O)(=O)C(C)(C)C1.Cl. The highest BCUT2D eigenvalue weighted by molar-refractivity contribution is 7.92. The van der Waals surface area contributed by atoms with Crippen molar-refractivity contribution in [3.05, 3.63) is 0 Å². The molecule has 17 heavy (non-hydrogen) atoms. The number of halogens is 1. The fourth-order valence-corrected chi connectivity index (χ4v) is 3.09. The van der Waals surface area contributed by atoms with Crippen molar-refractivity contribution in [3.63, 3.8) is 0 Å². The third-order valence-electron chi connectivity index (χ3n) is 2.88. The molecule has 7 heteroatoms. The molecule has 0 atom stereocenters. The van der Waals surface area contributed by atoms with Crippen LogP contribution in [0, 0.1) is 0 Å². The average Bonchev–Trinajstić information content (AvgIpc) is 2.07. The standard InChI is InChI=1S/C10H20N2O3S.ClH/c1-9(2)7-12(5-6-16(9,14)15)8(13)10(3,4)11;/h5-7,11H2,1-4H3;1H. The molecule has 0 radical (unpaired) electrons. The first-order chi connectivity index (χ1) is 6.97. The lowest BCUT2D eigenvalue weighted by molar-refractivity contribution is -0.136. The van der Waals surface area contributed by atoms with E-state index >= 15 is 0 Å². The third-order valence-corrected chi connectivity index (χ3v) is 5.41. The topological polar surface area (TPSA) is 80.5 Å². The highest BCUT2D eigenvalue weighted by Gasteiger charge is 2.43. The van der Waals surface area contributed by atoms with Crippen molar-refractivity contribution in [3.8, 4) is 0 Å². The molecule has 1 amide bonds.